The summed E-state index contributed by atoms with van der Waals surface area (Å²) in [5, 5.41) is 9.48. The number of hydrogen-bond acceptors (Lipinski definition) is 5. The van der Waals surface area contributed by atoms with E-state index in [4.69, 9.17) is 0 Å². The molecule has 3 aromatic rings. The summed E-state index contributed by atoms with van der Waals surface area (Å²) >= 11 is 0. The number of anilines is 1. The van der Waals surface area contributed by atoms with Crippen LogP contribution in [0.2, 0.25) is 0 Å². The summed E-state index contributed by atoms with van der Waals surface area (Å²) in [5.74, 6) is 0.722. The SMILES string of the molecule is Cc1ccc(CCC(=O)Nc2n[nH]c(-c3ccncc3)n2)cn1. The number of carbonyl (C=O) groups is 1. The van der Waals surface area contributed by atoms with E-state index in [2.05, 4.69) is 30.5 Å². The summed E-state index contributed by atoms with van der Waals surface area (Å²) in [7, 11) is 0. The van der Waals surface area contributed by atoms with Crippen molar-refractivity contribution in [3.05, 3.63) is 54.1 Å². The van der Waals surface area contributed by atoms with E-state index in [-0.39, 0.29) is 11.9 Å². The summed E-state index contributed by atoms with van der Waals surface area (Å²) in [6.07, 6.45) is 6.11. The fourth-order valence-electron chi connectivity index (χ4n) is 2.05. The minimum absolute atomic E-state index is 0.133. The van der Waals surface area contributed by atoms with E-state index in [9.17, 15) is 4.79 Å². The number of nitrogens with one attached hydrogen (secondary N) is 2. The van der Waals surface area contributed by atoms with Gasteiger partial charge in [-0.05, 0) is 37.1 Å². The van der Waals surface area contributed by atoms with Crippen LogP contribution < -0.4 is 5.32 Å². The second-order valence-electron chi connectivity index (χ2n) is 5.10. The first-order chi connectivity index (χ1) is 11.2. The van der Waals surface area contributed by atoms with Crippen LogP contribution in [0.4, 0.5) is 5.95 Å². The van der Waals surface area contributed by atoms with Crippen LogP contribution in [0.3, 0.4) is 0 Å². The average Bonchev–Trinajstić information content (AvgIpc) is 3.04. The maximum absolute atomic E-state index is 12.0. The molecule has 0 unspecified atom stereocenters. The Labute approximate surface area is 133 Å². The Kier molecular flexibility index (Phi) is 4.37. The Hall–Kier alpha value is -3.09. The summed E-state index contributed by atoms with van der Waals surface area (Å²) in [6, 6.07) is 7.54. The fourth-order valence-corrected chi connectivity index (χ4v) is 2.05. The van der Waals surface area contributed by atoms with Crippen LogP contribution in [-0.2, 0) is 11.2 Å². The molecule has 3 rings (SSSR count). The van der Waals surface area contributed by atoms with Crippen molar-refractivity contribution in [3.8, 4) is 11.4 Å². The molecule has 3 heterocycles. The van der Waals surface area contributed by atoms with Gasteiger partial charge < -0.3 is 0 Å². The third-order valence-electron chi connectivity index (χ3n) is 3.30. The average molecular weight is 308 g/mol. The van der Waals surface area contributed by atoms with Crippen molar-refractivity contribution in [2.24, 2.45) is 0 Å². The molecular weight excluding hydrogens is 292 g/mol. The number of H-pyrrole nitrogens is 1. The van der Waals surface area contributed by atoms with Gasteiger partial charge in [0.2, 0.25) is 11.9 Å². The Morgan fingerprint density at radius 2 is 2.04 bits per heavy atom. The molecule has 0 spiro atoms. The number of amides is 1. The Bertz CT molecular complexity index is 782. The molecule has 0 fully saturated rings. The molecule has 0 aliphatic rings. The summed E-state index contributed by atoms with van der Waals surface area (Å²) in [5.41, 5.74) is 2.85. The quantitative estimate of drug-likeness (QED) is 0.752. The van der Waals surface area contributed by atoms with Crippen LogP contribution in [0, 0.1) is 6.92 Å². The molecule has 0 saturated heterocycles. The largest absolute Gasteiger partial charge is 0.293 e. The lowest BCUT2D eigenvalue weighted by atomic mass is 10.1. The van der Waals surface area contributed by atoms with E-state index in [1.807, 2.05) is 31.2 Å². The molecule has 0 atom stereocenters. The van der Waals surface area contributed by atoms with Crippen molar-refractivity contribution in [1.82, 2.24) is 25.1 Å². The zero-order valence-electron chi connectivity index (χ0n) is 12.7. The highest BCUT2D eigenvalue weighted by Gasteiger charge is 2.09. The van der Waals surface area contributed by atoms with Crippen molar-refractivity contribution >= 4 is 11.9 Å². The number of rotatable bonds is 5. The number of nitrogens with zero attached hydrogens (tertiary/aromatic N) is 4. The highest BCUT2D eigenvalue weighted by atomic mass is 16.1. The van der Waals surface area contributed by atoms with E-state index >= 15 is 0 Å². The third-order valence-corrected chi connectivity index (χ3v) is 3.30. The molecule has 0 aliphatic heterocycles. The Morgan fingerprint density at radius 3 is 2.78 bits per heavy atom. The van der Waals surface area contributed by atoms with E-state index in [0.717, 1.165) is 16.8 Å². The van der Waals surface area contributed by atoms with E-state index in [1.165, 1.54) is 0 Å². The number of pyridine rings is 2. The van der Waals surface area contributed by atoms with Gasteiger partial charge in [0.05, 0.1) is 0 Å². The molecule has 1 amide bonds. The van der Waals surface area contributed by atoms with Gasteiger partial charge >= 0.3 is 0 Å². The number of carbonyl (C=O) groups excluding carboxylic acids is 1. The number of aryl methyl sites for hydroxylation is 2. The topological polar surface area (TPSA) is 96.5 Å². The predicted molar refractivity (Wildman–Crippen MR) is 85.5 cm³/mol. The smallest absolute Gasteiger partial charge is 0.249 e. The maximum atomic E-state index is 12.0. The van der Waals surface area contributed by atoms with Crippen LogP contribution in [-0.4, -0.2) is 31.1 Å². The standard InChI is InChI=1S/C16H16N6O/c1-11-2-3-12(10-18-11)4-5-14(23)19-16-20-15(21-22-16)13-6-8-17-9-7-13/h2-3,6-10H,4-5H2,1H3,(H2,19,20,21,22,23). The van der Waals surface area contributed by atoms with Crippen LogP contribution in [0.5, 0.6) is 0 Å². The molecule has 3 aromatic heterocycles. The number of aromatic nitrogens is 5. The van der Waals surface area contributed by atoms with Crippen molar-refractivity contribution in [3.63, 3.8) is 0 Å². The van der Waals surface area contributed by atoms with E-state index in [0.29, 0.717) is 18.7 Å². The first-order valence-corrected chi connectivity index (χ1v) is 7.25. The highest BCUT2D eigenvalue weighted by molar-refractivity contribution is 5.89. The maximum Gasteiger partial charge on any atom is 0.249 e. The van der Waals surface area contributed by atoms with Crippen LogP contribution >= 0.6 is 0 Å². The van der Waals surface area contributed by atoms with E-state index < -0.39 is 0 Å². The van der Waals surface area contributed by atoms with Crippen LogP contribution in [0.1, 0.15) is 17.7 Å². The normalized spacial score (nSPS) is 10.5. The molecule has 7 heteroatoms. The van der Waals surface area contributed by atoms with Crippen molar-refractivity contribution < 1.29 is 4.79 Å². The zero-order chi connectivity index (χ0) is 16.1. The molecule has 2 N–H and O–H groups in total. The van der Waals surface area contributed by atoms with Crippen molar-refractivity contribution in [2.45, 2.75) is 19.8 Å². The summed E-state index contributed by atoms with van der Waals surface area (Å²) in [6.45, 7) is 1.93. The second-order valence-corrected chi connectivity index (χ2v) is 5.10. The van der Waals surface area contributed by atoms with Crippen molar-refractivity contribution in [1.29, 1.82) is 0 Å². The minimum atomic E-state index is -0.133. The predicted octanol–water partition coefficient (Wildman–Crippen LogP) is 2.14. The molecule has 0 bridgehead atoms. The number of aromatic amines is 1. The van der Waals surface area contributed by atoms with E-state index in [1.54, 1.807) is 18.6 Å². The molecule has 7 nitrogen and oxygen atoms in total. The molecule has 0 aliphatic carbocycles. The van der Waals surface area contributed by atoms with Gasteiger partial charge in [0.25, 0.3) is 0 Å². The van der Waals surface area contributed by atoms with Gasteiger partial charge in [-0.25, -0.2) is 0 Å². The van der Waals surface area contributed by atoms with Gasteiger partial charge in [0, 0.05) is 36.3 Å². The second kappa shape index (κ2) is 6.78. The number of hydrogen-bond donors (Lipinski definition) is 2. The lowest BCUT2D eigenvalue weighted by molar-refractivity contribution is -0.116. The Morgan fingerprint density at radius 1 is 1.22 bits per heavy atom. The highest BCUT2D eigenvalue weighted by Crippen LogP contribution is 2.14. The molecule has 23 heavy (non-hydrogen) atoms. The first kappa shape index (κ1) is 14.8. The van der Waals surface area contributed by atoms with Gasteiger partial charge in [-0.1, -0.05) is 6.07 Å². The lowest BCUT2D eigenvalue weighted by Crippen LogP contribution is -2.13. The van der Waals surface area contributed by atoms with Gasteiger partial charge in [0.15, 0.2) is 5.82 Å². The molecule has 0 aromatic carbocycles. The molecule has 0 radical (unpaired) electrons. The minimum Gasteiger partial charge on any atom is -0.293 e. The van der Waals surface area contributed by atoms with Gasteiger partial charge in [0.1, 0.15) is 0 Å². The Balaban J connectivity index is 1.56. The fraction of sp³-hybridized carbons (Fsp3) is 0.188. The third kappa shape index (κ3) is 3.97. The summed E-state index contributed by atoms with van der Waals surface area (Å²) in [4.78, 5) is 24.4. The summed E-state index contributed by atoms with van der Waals surface area (Å²) < 4.78 is 0. The van der Waals surface area contributed by atoms with Crippen LogP contribution in [0.25, 0.3) is 11.4 Å². The van der Waals surface area contributed by atoms with Crippen molar-refractivity contribution in [2.75, 3.05) is 5.32 Å². The van der Waals surface area contributed by atoms with Gasteiger partial charge in [-0.2, -0.15) is 4.98 Å². The first-order valence-electron chi connectivity index (χ1n) is 7.25. The molecular formula is C16H16N6O. The lowest BCUT2D eigenvalue weighted by Gasteiger charge is -2.02. The monoisotopic (exact) mass is 308 g/mol. The zero-order valence-corrected chi connectivity index (χ0v) is 12.7. The van der Waals surface area contributed by atoms with Crippen LogP contribution in [0.15, 0.2) is 42.9 Å². The molecule has 0 saturated carbocycles. The molecule has 116 valence electrons. The van der Waals surface area contributed by atoms with Gasteiger partial charge in [-0.15, -0.1) is 5.10 Å². The van der Waals surface area contributed by atoms with Gasteiger partial charge in [-0.3, -0.25) is 25.2 Å².